The first-order valence-corrected chi connectivity index (χ1v) is 8.77. The standard InChI is InChI=1S/C17H24N6O/c1-12-9-21(2)5-6-23(12)16-7-17(20-19-15(16)8-18)22-10-13-3-4-14(11-22)24-13/h7,12-14H,3-6,9-11H2,1-2H3/t12-,13?,14?/m1/s1. The van der Waals surface area contributed by atoms with E-state index >= 15 is 0 Å². The average molecular weight is 328 g/mol. The van der Waals surface area contributed by atoms with Gasteiger partial charge in [-0.3, -0.25) is 0 Å². The Bertz CT molecular complexity index is 647. The van der Waals surface area contributed by atoms with Gasteiger partial charge in [0.2, 0.25) is 0 Å². The zero-order valence-electron chi connectivity index (χ0n) is 14.4. The van der Waals surface area contributed by atoms with Crippen molar-refractivity contribution in [3.63, 3.8) is 0 Å². The number of fused-ring (bicyclic) bond motifs is 2. The summed E-state index contributed by atoms with van der Waals surface area (Å²) >= 11 is 0. The number of rotatable bonds is 2. The highest BCUT2D eigenvalue weighted by Crippen LogP contribution is 2.31. The Morgan fingerprint density at radius 3 is 2.58 bits per heavy atom. The number of aromatic nitrogens is 2. The second-order valence-corrected chi connectivity index (χ2v) is 7.22. The maximum atomic E-state index is 9.46. The largest absolute Gasteiger partial charge is 0.371 e. The summed E-state index contributed by atoms with van der Waals surface area (Å²) in [6.45, 7) is 6.83. The van der Waals surface area contributed by atoms with Crippen LogP contribution in [-0.4, -0.2) is 73.1 Å². The third kappa shape index (κ3) is 2.80. The van der Waals surface area contributed by atoms with E-state index in [9.17, 15) is 5.26 Å². The number of piperazine rings is 1. The molecule has 0 aromatic carbocycles. The molecular formula is C17H24N6O. The summed E-state index contributed by atoms with van der Waals surface area (Å²) in [5, 5.41) is 18.0. The quantitative estimate of drug-likeness (QED) is 0.797. The molecule has 4 heterocycles. The lowest BCUT2D eigenvalue weighted by atomic mass is 10.1. The van der Waals surface area contributed by atoms with Gasteiger partial charge in [0.05, 0.1) is 17.9 Å². The van der Waals surface area contributed by atoms with Gasteiger partial charge in [0, 0.05) is 44.8 Å². The van der Waals surface area contributed by atoms with E-state index in [1.54, 1.807) is 0 Å². The van der Waals surface area contributed by atoms with Crippen LogP contribution in [0.1, 0.15) is 25.5 Å². The van der Waals surface area contributed by atoms with Gasteiger partial charge in [-0.25, -0.2) is 0 Å². The van der Waals surface area contributed by atoms with Crippen LogP contribution in [0.25, 0.3) is 0 Å². The molecule has 4 rings (SSSR count). The number of anilines is 2. The molecule has 0 aliphatic carbocycles. The molecule has 3 fully saturated rings. The monoisotopic (exact) mass is 328 g/mol. The molecule has 24 heavy (non-hydrogen) atoms. The lowest BCUT2D eigenvalue weighted by Gasteiger charge is -2.40. The van der Waals surface area contributed by atoms with Crippen molar-refractivity contribution in [1.29, 1.82) is 5.26 Å². The number of morpholine rings is 1. The molecule has 3 aliphatic rings. The minimum absolute atomic E-state index is 0.312. The first-order chi connectivity index (χ1) is 11.6. The summed E-state index contributed by atoms with van der Waals surface area (Å²) in [5.74, 6) is 0.871. The van der Waals surface area contributed by atoms with Gasteiger partial charge in [0.1, 0.15) is 6.07 Å². The Morgan fingerprint density at radius 2 is 1.92 bits per heavy atom. The van der Waals surface area contributed by atoms with Crippen molar-refractivity contribution in [2.75, 3.05) is 49.6 Å². The van der Waals surface area contributed by atoms with Crippen LogP contribution in [0, 0.1) is 11.3 Å². The molecule has 128 valence electrons. The van der Waals surface area contributed by atoms with Crippen LogP contribution in [0.4, 0.5) is 11.5 Å². The third-order valence-corrected chi connectivity index (χ3v) is 5.37. The average Bonchev–Trinajstić information content (AvgIpc) is 2.92. The van der Waals surface area contributed by atoms with Gasteiger partial charge in [0.25, 0.3) is 0 Å². The van der Waals surface area contributed by atoms with Crippen molar-refractivity contribution in [2.45, 2.75) is 38.0 Å². The van der Waals surface area contributed by atoms with Crippen molar-refractivity contribution in [3.8, 4) is 6.07 Å². The summed E-state index contributed by atoms with van der Waals surface area (Å²) in [6, 6.07) is 4.62. The normalized spacial score (nSPS) is 30.5. The molecule has 0 radical (unpaired) electrons. The highest BCUT2D eigenvalue weighted by molar-refractivity contribution is 5.62. The molecule has 1 aromatic rings. The predicted molar refractivity (Wildman–Crippen MR) is 91.2 cm³/mol. The molecule has 0 saturated carbocycles. The number of nitrogens with zero attached hydrogens (tertiary/aromatic N) is 6. The number of likely N-dealkylation sites (N-methyl/N-ethyl adjacent to an activating group) is 1. The summed E-state index contributed by atoms with van der Waals surface area (Å²) in [5.41, 5.74) is 1.34. The van der Waals surface area contributed by atoms with E-state index in [1.807, 2.05) is 0 Å². The van der Waals surface area contributed by atoms with Crippen molar-refractivity contribution >= 4 is 11.5 Å². The van der Waals surface area contributed by atoms with Gasteiger partial charge in [0.15, 0.2) is 11.5 Å². The van der Waals surface area contributed by atoms with E-state index in [2.05, 4.69) is 51.0 Å². The van der Waals surface area contributed by atoms with Crippen LogP contribution < -0.4 is 9.80 Å². The van der Waals surface area contributed by atoms with E-state index in [0.29, 0.717) is 23.9 Å². The molecule has 1 aromatic heterocycles. The molecule has 7 heteroatoms. The third-order valence-electron chi connectivity index (χ3n) is 5.37. The summed E-state index contributed by atoms with van der Waals surface area (Å²) in [4.78, 5) is 6.89. The maximum Gasteiger partial charge on any atom is 0.186 e. The topological polar surface area (TPSA) is 68.5 Å². The number of ether oxygens (including phenoxy) is 1. The molecule has 2 unspecified atom stereocenters. The fourth-order valence-electron chi connectivity index (χ4n) is 4.12. The highest BCUT2D eigenvalue weighted by Gasteiger charge is 2.35. The van der Waals surface area contributed by atoms with Crippen LogP contribution in [0.5, 0.6) is 0 Å². The molecule has 0 amide bonds. The molecule has 3 atom stereocenters. The maximum absolute atomic E-state index is 9.46. The number of nitriles is 1. The lowest BCUT2D eigenvalue weighted by molar-refractivity contribution is 0.0302. The van der Waals surface area contributed by atoms with E-state index in [0.717, 1.165) is 57.1 Å². The van der Waals surface area contributed by atoms with E-state index < -0.39 is 0 Å². The Balaban J connectivity index is 1.62. The minimum atomic E-state index is 0.312. The van der Waals surface area contributed by atoms with Gasteiger partial charge in [-0.2, -0.15) is 5.26 Å². The number of hydrogen-bond donors (Lipinski definition) is 0. The first-order valence-electron chi connectivity index (χ1n) is 8.77. The Kier molecular flexibility index (Phi) is 4.02. The van der Waals surface area contributed by atoms with Gasteiger partial charge < -0.3 is 19.4 Å². The first kappa shape index (κ1) is 15.6. The van der Waals surface area contributed by atoms with Gasteiger partial charge >= 0.3 is 0 Å². The molecule has 2 bridgehead atoms. The Hall–Kier alpha value is -1.91. The van der Waals surface area contributed by atoms with Crippen molar-refractivity contribution in [3.05, 3.63) is 11.8 Å². The number of hydrogen-bond acceptors (Lipinski definition) is 7. The van der Waals surface area contributed by atoms with Gasteiger partial charge in [-0.15, -0.1) is 10.2 Å². The van der Waals surface area contributed by atoms with Crippen LogP contribution in [0.3, 0.4) is 0 Å². The molecule has 3 saturated heterocycles. The van der Waals surface area contributed by atoms with Crippen molar-refractivity contribution in [2.24, 2.45) is 0 Å². The second kappa shape index (κ2) is 6.19. The molecule has 0 spiro atoms. The van der Waals surface area contributed by atoms with Crippen molar-refractivity contribution in [1.82, 2.24) is 15.1 Å². The minimum Gasteiger partial charge on any atom is -0.371 e. The molecular weight excluding hydrogens is 304 g/mol. The fourth-order valence-corrected chi connectivity index (χ4v) is 4.12. The van der Waals surface area contributed by atoms with Crippen LogP contribution in [0.15, 0.2) is 6.07 Å². The molecule has 0 N–H and O–H groups in total. The molecule has 3 aliphatic heterocycles. The van der Waals surface area contributed by atoms with Gasteiger partial charge in [-0.05, 0) is 26.8 Å². The van der Waals surface area contributed by atoms with E-state index in [1.165, 1.54) is 0 Å². The van der Waals surface area contributed by atoms with E-state index in [-0.39, 0.29) is 0 Å². The summed E-state index contributed by atoms with van der Waals surface area (Å²) in [6.07, 6.45) is 2.89. The predicted octanol–water partition coefficient (Wildman–Crippen LogP) is 0.856. The zero-order valence-corrected chi connectivity index (χ0v) is 14.4. The van der Waals surface area contributed by atoms with Crippen LogP contribution in [-0.2, 0) is 4.74 Å². The SMILES string of the molecule is C[C@@H]1CN(C)CCN1c1cc(N2CC3CCC(C2)O3)nnc1C#N. The highest BCUT2D eigenvalue weighted by atomic mass is 16.5. The Labute approximate surface area is 142 Å². The van der Waals surface area contributed by atoms with Crippen LogP contribution in [0.2, 0.25) is 0 Å². The van der Waals surface area contributed by atoms with E-state index in [4.69, 9.17) is 4.74 Å². The van der Waals surface area contributed by atoms with Crippen LogP contribution >= 0.6 is 0 Å². The molecule has 7 nitrogen and oxygen atoms in total. The smallest absolute Gasteiger partial charge is 0.186 e. The zero-order chi connectivity index (χ0) is 16.7. The van der Waals surface area contributed by atoms with Crippen molar-refractivity contribution < 1.29 is 4.74 Å². The fraction of sp³-hybridized carbons (Fsp3) is 0.706. The second-order valence-electron chi connectivity index (χ2n) is 7.22. The summed E-state index contributed by atoms with van der Waals surface area (Å²) < 4.78 is 5.91. The van der Waals surface area contributed by atoms with Gasteiger partial charge in [-0.1, -0.05) is 0 Å². The lowest BCUT2D eigenvalue weighted by Crippen LogP contribution is -2.51. The Morgan fingerprint density at radius 1 is 1.17 bits per heavy atom. The summed E-state index contributed by atoms with van der Waals surface area (Å²) in [7, 11) is 2.14.